The standard InChI is InChI=1S/C18H18BrClN2O/c19-14-5-8-17(20)16(11-14)18(23)21-15-6-3-13(4-7-15)12-22-9-1-2-10-22/h3-8,11H,1-2,9-10,12H2,(H,21,23). The highest BCUT2D eigenvalue weighted by Gasteiger charge is 2.13. The second kappa shape index (κ2) is 7.47. The van der Waals surface area contributed by atoms with Gasteiger partial charge < -0.3 is 5.32 Å². The second-order valence-electron chi connectivity index (χ2n) is 5.76. The Balaban J connectivity index is 1.65. The van der Waals surface area contributed by atoms with Crippen LogP contribution < -0.4 is 5.32 Å². The molecule has 3 rings (SSSR count). The van der Waals surface area contributed by atoms with Gasteiger partial charge in [0.2, 0.25) is 0 Å². The minimum atomic E-state index is -0.205. The molecule has 5 heteroatoms. The van der Waals surface area contributed by atoms with Crippen LogP contribution >= 0.6 is 27.5 Å². The number of likely N-dealkylation sites (tertiary alicyclic amines) is 1. The van der Waals surface area contributed by atoms with Crippen LogP contribution in [-0.2, 0) is 6.54 Å². The summed E-state index contributed by atoms with van der Waals surface area (Å²) in [5, 5.41) is 3.33. The number of amides is 1. The number of hydrogen-bond acceptors (Lipinski definition) is 2. The second-order valence-corrected chi connectivity index (χ2v) is 7.08. The lowest BCUT2D eigenvalue weighted by atomic mass is 10.1. The van der Waals surface area contributed by atoms with Crippen molar-refractivity contribution < 1.29 is 4.79 Å². The van der Waals surface area contributed by atoms with Gasteiger partial charge in [-0.25, -0.2) is 0 Å². The molecule has 3 nitrogen and oxygen atoms in total. The molecule has 0 radical (unpaired) electrons. The molecule has 0 spiro atoms. The topological polar surface area (TPSA) is 32.3 Å². The summed E-state index contributed by atoms with van der Waals surface area (Å²) in [5.74, 6) is -0.205. The van der Waals surface area contributed by atoms with E-state index in [1.165, 1.54) is 31.5 Å². The highest BCUT2D eigenvalue weighted by atomic mass is 79.9. The molecule has 1 aliphatic heterocycles. The molecule has 1 saturated heterocycles. The van der Waals surface area contributed by atoms with Crippen LogP contribution in [0.3, 0.4) is 0 Å². The van der Waals surface area contributed by atoms with E-state index in [0.29, 0.717) is 10.6 Å². The van der Waals surface area contributed by atoms with E-state index in [0.717, 1.165) is 16.7 Å². The van der Waals surface area contributed by atoms with Crippen LogP contribution in [-0.4, -0.2) is 23.9 Å². The maximum absolute atomic E-state index is 12.3. The molecule has 2 aromatic rings. The Labute approximate surface area is 149 Å². The van der Waals surface area contributed by atoms with Crippen molar-refractivity contribution in [2.45, 2.75) is 19.4 Å². The van der Waals surface area contributed by atoms with Gasteiger partial charge in [-0.3, -0.25) is 9.69 Å². The molecule has 1 amide bonds. The number of benzene rings is 2. The van der Waals surface area contributed by atoms with Crippen LogP contribution in [0.25, 0.3) is 0 Å². The van der Waals surface area contributed by atoms with Gasteiger partial charge in [-0.2, -0.15) is 0 Å². The number of nitrogens with one attached hydrogen (secondary N) is 1. The molecule has 0 saturated carbocycles. The molecule has 0 unspecified atom stereocenters. The first-order chi connectivity index (χ1) is 11.1. The fourth-order valence-electron chi connectivity index (χ4n) is 2.76. The first-order valence-corrected chi connectivity index (χ1v) is 8.86. The summed E-state index contributed by atoms with van der Waals surface area (Å²) in [5.41, 5.74) is 2.50. The van der Waals surface area contributed by atoms with Gasteiger partial charge in [0.15, 0.2) is 0 Å². The van der Waals surface area contributed by atoms with E-state index < -0.39 is 0 Å². The van der Waals surface area contributed by atoms with Gasteiger partial charge in [0.25, 0.3) is 5.91 Å². The number of carbonyl (C=O) groups is 1. The summed E-state index contributed by atoms with van der Waals surface area (Å²) in [6, 6.07) is 13.3. The largest absolute Gasteiger partial charge is 0.322 e. The predicted octanol–water partition coefficient (Wildman–Crippen LogP) is 4.95. The van der Waals surface area contributed by atoms with Gasteiger partial charge in [0.05, 0.1) is 10.6 Å². The normalized spacial score (nSPS) is 14.9. The zero-order valence-corrected chi connectivity index (χ0v) is 15.0. The predicted molar refractivity (Wildman–Crippen MR) is 98.1 cm³/mol. The van der Waals surface area contributed by atoms with E-state index in [4.69, 9.17) is 11.6 Å². The third-order valence-electron chi connectivity index (χ3n) is 3.99. The summed E-state index contributed by atoms with van der Waals surface area (Å²) in [6.45, 7) is 3.34. The van der Waals surface area contributed by atoms with Crippen LogP contribution in [0, 0.1) is 0 Å². The fourth-order valence-corrected chi connectivity index (χ4v) is 3.33. The van der Waals surface area contributed by atoms with E-state index in [9.17, 15) is 4.79 Å². The minimum absolute atomic E-state index is 0.205. The van der Waals surface area contributed by atoms with Gasteiger partial charge in [0, 0.05) is 16.7 Å². The lowest BCUT2D eigenvalue weighted by molar-refractivity contribution is 0.102. The van der Waals surface area contributed by atoms with Gasteiger partial charge in [-0.05, 0) is 61.8 Å². The molecule has 1 fully saturated rings. The number of halogens is 2. The maximum Gasteiger partial charge on any atom is 0.257 e. The maximum atomic E-state index is 12.3. The molecule has 0 aliphatic carbocycles. The molecule has 1 aliphatic rings. The summed E-state index contributed by atoms with van der Waals surface area (Å²) in [4.78, 5) is 14.8. The monoisotopic (exact) mass is 392 g/mol. The first kappa shape index (κ1) is 16.5. The number of carbonyl (C=O) groups excluding carboxylic acids is 1. The van der Waals surface area contributed by atoms with Crippen LogP contribution in [0.15, 0.2) is 46.9 Å². The van der Waals surface area contributed by atoms with Gasteiger partial charge in [0.1, 0.15) is 0 Å². The van der Waals surface area contributed by atoms with Crippen molar-refractivity contribution in [1.82, 2.24) is 4.90 Å². The first-order valence-electron chi connectivity index (χ1n) is 7.69. The van der Waals surface area contributed by atoms with E-state index in [-0.39, 0.29) is 5.91 Å². The quantitative estimate of drug-likeness (QED) is 0.797. The number of rotatable bonds is 4. The van der Waals surface area contributed by atoms with E-state index >= 15 is 0 Å². The zero-order valence-electron chi connectivity index (χ0n) is 12.7. The molecule has 23 heavy (non-hydrogen) atoms. The molecule has 1 N–H and O–H groups in total. The summed E-state index contributed by atoms with van der Waals surface area (Å²) < 4.78 is 0.827. The van der Waals surface area contributed by atoms with E-state index in [2.05, 4.69) is 38.3 Å². The van der Waals surface area contributed by atoms with Gasteiger partial charge >= 0.3 is 0 Å². The lowest BCUT2D eigenvalue weighted by Crippen LogP contribution is -2.18. The van der Waals surface area contributed by atoms with Crippen molar-refractivity contribution in [1.29, 1.82) is 0 Å². The molecule has 0 bridgehead atoms. The molecular weight excluding hydrogens is 376 g/mol. The third-order valence-corrected chi connectivity index (χ3v) is 4.81. The van der Waals surface area contributed by atoms with Crippen molar-refractivity contribution >= 4 is 39.1 Å². The Bertz CT molecular complexity index is 697. The molecule has 1 heterocycles. The Hall–Kier alpha value is -1.36. The number of nitrogens with zero attached hydrogens (tertiary/aromatic N) is 1. The fraction of sp³-hybridized carbons (Fsp3) is 0.278. The van der Waals surface area contributed by atoms with Crippen LogP contribution in [0.2, 0.25) is 5.02 Å². The molecule has 2 aromatic carbocycles. The van der Waals surface area contributed by atoms with Crippen molar-refractivity contribution in [3.05, 3.63) is 63.1 Å². The lowest BCUT2D eigenvalue weighted by Gasteiger charge is -2.15. The van der Waals surface area contributed by atoms with Gasteiger partial charge in [-0.15, -0.1) is 0 Å². The SMILES string of the molecule is O=C(Nc1ccc(CN2CCCC2)cc1)c1cc(Br)ccc1Cl. The smallest absolute Gasteiger partial charge is 0.257 e. The summed E-state index contributed by atoms with van der Waals surface area (Å²) >= 11 is 9.45. The van der Waals surface area contributed by atoms with Crippen molar-refractivity contribution in [3.63, 3.8) is 0 Å². The summed E-state index contributed by atoms with van der Waals surface area (Å²) in [7, 11) is 0. The Morgan fingerprint density at radius 1 is 1.13 bits per heavy atom. The Kier molecular flexibility index (Phi) is 5.36. The third kappa shape index (κ3) is 4.34. The van der Waals surface area contributed by atoms with Gasteiger partial charge in [-0.1, -0.05) is 39.7 Å². The summed E-state index contributed by atoms with van der Waals surface area (Å²) in [6.07, 6.45) is 2.59. The van der Waals surface area contributed by atoms with E-state index in [1.54, 1.807) is 12.1 Å². The molecule has 120 valence electrons. The molecule has 0 atom stereocenters. The highest BCUT2D eigenvalue weighted by molar-refractivity contribution is 9.10. The Morgan fingerprint density at radius 3 is 2.52 bits per heavy atom. The number of anilines is 1. The molecular formula is C18H18BrClN2O. The van der Waals surface area contributed by atoms with Crippen LogP contribution in [0.4, 0.5) is 5.69 Å². The average Bonchev–Trinajstić information content (AvgIpc) is 3.04. The number of hydrogen-bond donors (Lipinski definition) is 1. The minimum Gasteiger partial charge on any atom is -0.322 e. The van der Waals surface area contributed by atoms with Crippen LogP contribution in [0.5, 0.6) is 0 Å². The molecule has 0 aromatic heterocycles. The zero-order chi connectivity index (χ0) is 16.2. The van der Waals surface area contributed by atoms with E-state index in [1.807, 2.05) is 18.2 Å². The van der Waals surface area contributed by atoms with Crippen LogP contribution in [0.1, 0.15) is 28.8 Å². The van der Waals surface area contributed by atoms with Crippen molar-refractivity contribution in [2.75, 3.05) is 18.4 Å². The Morgan fingerprint density at radius 2 is 1.83 bits per heavy atom. The van der Waals surface area contributed by atoms with Crippen molar-refractivity contribution in [3.8, 4) is 0 Å². The highest BCUT2D eigenvalue weighted by Crippen LogP contribution is 2.22. The van der Waals surface area contributed by atoms with Crippen molar-refractivity contribution in [2.24, 2.45) is 0 Å². The average molecular weight is 394 g/mol.